The minimum atomic E-state index is -0.619. The molecular formula is C21H21NO5. The minimum absolute atomic E-state index is 0.201. The van der Waals surface area contributed by atoms with Crippen LogP contribution in [0.25, 0.3) is 0 Å². The maximum Gasteiger partial charge on any atom is 0.251 e. The van der Waals surface area contributed by atoms with E-state index in [1.807, 2.05) is 54.6 Å². The van der Waals surface area contributed by atoms with Crippen LogP contribution in [0.2, 0.25) is 0 Å². The van der Waals surface area contributed by atoms with E-state index in [2.05, 4.69) is 5.32 Å². The molecule has 0 aliphatic carbocycles. The molecule has 1 fully saturated rings. The van der Waals surface area contributed by atoms with Crippen molar-refractivity contribution in [3.8, 4) is 0 Å². The van der Waals surface area contributed by atoms with Gasteiger partial charge in [-0.3, -0.25) is 4.79 Å². The summed E-state index contributed by atoms with van der Waals surface area (Å²) in [7, 11) is 1.54. The largest absolute Gasteiger partial charge is 0.462 e. The van der Waals surface area contributed by atoms with Crippen molar-refractivity contribution in [3.63, 3.8) is 0 Å². The van der Waals surface area contributed by atoms with Crippen molar-refractivity contribution in [2.24, 2.45) is 0 Å². The lowest BCUT2D eigenvalue weighted by molar-refractivity contribution is -0.246. The van der Waals surface area contributed by atoms with Crippen molar-refractivity contribution < 1.29 is 23.7 Å². The molecule has 2 aliphatic heterocycles. The molecule has 0 radical (unpaired) electrons. The highest BCUT2D eigenvalue weighted by atomic mass is 16.7. The molecule has 0 bridgehead atoms. The number of rotatable bonds is 4. The summed E-state index contributed by atoms with van der Waals surface area (Å²) in [5, 5.41) is 2.94. The predicted molar refractivity (Wildman–Crippen MR) is 97.7 cm³/mol. The molecule has 0 spiro atoms. The smallest absolute Gasteiger partial charge is 0.251 e. The Morgan fingerprint density at radius 2 is 1.78 bits per heavy atom. The molecule has 2 aromatic rings. The van der Waals surface area contributed by atoms with E-state index in [-0.39, 0.29) is 12.0 Å². The van der Waals surface area contributed by atoms with Crippen LogP contribution >= 0.6 is 0 Å². The third kappa shape index (κ3) is 3.88. The minimum Gasteiger partial charge on any atom is -0.462 e. The van der Waals surface area contributed by atoms with Crippen LogP contribution in [0, 0.1) is 0 Å². The number of benzene rings is 2. The molecule has 6 nitrogen and oxygen atoms in total. The number of ether oxygens (including phenoxy) is 4. The van der Waals surface area contributed by atoms with E-state index in [0.717, 1.165) is 5.56 Å². The van der Waals surface area contributed by atoms with E-state index in [0.29, 0.717) is 17.9 Å². The van der Waals surface area contributed by atoms with E-state index < -0.39 is 18.6 Å². The van der Waals surface area contributed by atoms with Gasteiger partial charge in [0.05, 0.1) is 6.61 Å². The molecule has 1 saturated heterocycles. The average Bonchev–Trinajstić information content (AvgIpc) is 2.74. The van der Waals surface area contributed by atoms with Crippen molar-refractivity contribution in [2.75, 3.05) is 13.7 Å². The summed E-state index contributed by atoms with van der Waals surface area (Å²) in [5.41, 5.74) is 1.50. The van der Waals surface area contributed by atoms with Crippen LogP contribution in [-0.4, -0.2) is 38.1 Å². The normalized spacial score (nSPS) is 27.1. The van der Waals surface area contributed by atoms with Crippen LogP contribution in [0.4, 0.5) is 0 Å². The molecule has 4 atom stereocenters. The molecule has 0 saturated carbocycles. The van der Waals surface area contributed by atoms with Crippen LogP contribution in [0.3, 0.4) is 0 Å². The molecule has 1 unspecified atom stereocenters. The molecule has 6 heteroatoms. The van der Waals surface area contributed by atoms with Crippen LogP contribution in [0.15, 0.2) is 72.5 Å². The number of nitrogens with one attached hydrogen (secondary N) is 1. The van der Waals surface area contributed by atoms with E-state index in [1.165, 1.54) is 0 Å². The monoisotopic (exact) mass is 367 g/mol. The van der Waals surface area contributed by atoms with E-state index in [1.54, 1.807) is 19.2 Å². The van der Waals surface area contributed by atoms with Gasteiger partial charge in [0.1, 0.15) is 17.9 Å². The summed E-state index contributed by atoms with van der Waals surface area (Å²) in [6, 6.07) is 18.3. The quantitative estimate of drug-likeness (QED) is 0.900. The predicted octanol–water partition coefficient (Wildman–Crippen LogP) is 2.79. The second-order valence-electron chi connectivity index (χ2n) is 6.36. The van der Waals surface area contributed by atoms with Crippen LogP contribution in [0.1, 0.15) is 22.2 Å². The van der Waals surface area contributed by atoms with Gasteiger partial charge in [-0.2, -0.15) is 0 Å². The van der Waals surface area contributed by atoms with Crippen molar-refractivity contribution in [2.45, 2.75) is 24.7 Å². The Labute approximate surface area is 157 Å². The van der Waals surface area contributed by atoms with Gasteiger partial charge in [-0.1, -0.05) is 48.5 Å². The number of carbonyl (C=O) groups excluding carboxylic acids is 1. The Hall–Kier alpha value is -2.67. The van der Waals surface area contributed by atoms with E-state index in [4.69, 9.17) is 18.9 Å². The first-order valence-electron chi connectivity index (χ1n) is 8.83. The number of amides is 1. The third-order valence-corrected chi connectivity index (χ3v) is 4.53. The standard InChI is InChI=1S/C21H21NO5/c1-24-21-16(22-19(23)14-8-4-2-5-9-14)12-17-18(27-21)13-25-20(26-17)15-10-6-3-7-11-15/h2-12,16,18,20-21H,13H2,1H3,(H,22,23)/t16-,18-,20?,21-/m1/s1. The first-order valence-corrected chi connectivity index (χ1v) is 8.83. The lowest BCUT2D eigenvalue weighted by atomic mass is 10.1. The Bertz CT molecular complexity index is 808. The SMILES string of the molecule is CO[C@@H]1O[C@@H]2COC(c3ccccc3)OC2=C[C@H]1NC(=O)c1ccccc1. The summed E-state index contributed by atoms with van der Waals surface area (Å²) in [4.78, 5) is 12.5. The lowest BCUT2D eigenvalue weighted by Gasteiger charge is -2.39. The molecule has 1 amide bonds. The summed E-state index contributed by atoms with van der Waals surface area (Å²) in [5.74, 6) is 0.440. The second-order valence-corrected chi connectivity index (χ2v) is 6.36. The summed E-state index contributed by atoms with van der Waals surface area (Å²) in [6.45, 7) is 0.352. The molecule has 2 heterocycles. The van der Waals surface area contributed by atoms with Crippen LogP contribution in [0.5, 0.6) is 0 Å². The highest BCUT2D eigenvalue weighted by molar-refractivity contribution is 5.94. The number of hydrogen-bond acceptors (Lipinski definition) is 5. The topological polar surface area (TPSA) is 66.0 Å². The average molecular weight is 367 g/mol. The van der Waals surface area contributed by atoms with Crippen molar-refractivity contribution >= 4 is 5.91 Å². The molecule has 1 N–H and O–H groups in total. The fourth-order valence-corrected chi connectivity index (χ4v) is 3.16. The zero-order chi connectivity index (χ0) is 18.6. The molecule has 4 rings (SSSR count). The molecule has 2 aromatic carbocycles. The van der Waals surface area contributed by atoms with Crippen LogP contribution < -0.4 is 5.32 Å². The molecular weight excluding hydrogens is 346 g/mol. The summed E-state index contributed by atoms with van der Waals surface area (Å²) >= 11 is 0. The first kappa shape index (κ1) is 17.7. The van der Waals surface area contributed by atoms with Crippen molar-refractivity contribution in [1.82, 2.24) is 5.32 Å². The van der Waals surface area contributed by atoms with Crippen molar-refractivity contribution in [3.05, 3.63) is 83.6 Å². The van der Waals surface area contributed by atoms with Gasteiger partial charge in [-0.25, -0.2) is 0 Å². The number of methoxy groups -OCH3 is 1. The molecule has 0 aromatic heterocycles. The van der Waals surface area contributed by atoms with Gasteiger partial charge in [-0.15, -0.1) is 0 Å². The van der Waals surface area contributed by atoms with Gasteiger partial charge in [0.15, 0.2) is 6.29 Å². The second kappa shape index (κ2) is 7.92. The highest BCUT2D eigenvalue weighted by Crippen LogP contribution is 2.33. The third-order valence-electron chi connectivity index (χ3n) is 4.53. The van der Waals surface area contributed by atoms with Gasteiger partial charge in [-0.05, 0) is 18.2 Å². The van der Waals surface area contributed by atoms with E-state index >= 15 is 0 Å². The maximum atomic E-state index is 12.5. The lowest BCUT2D eigenvalue weighted by Crippen LogP contribution is -2.51. The Morgan fingerprint density at radius 1 is 1.07 bits per heavy atom. The van der Waals surface area contributed by atoms with Gasteiger partial charge in [0, 0.05) is 18.2 Å². The van der Waals surface area contributed by atoms with Gasteiger partial charge in [0.25, 0.3) is 5.91 Å². The van der Waals surface area contributed by atoms with Crippen molar-refractivity contribution in [1.29, 1.82) is 0 Å². The zero-order valence-corrected chi connectivity index (χ0v) is 14.9. The van der Waals surface area contributed by atoms with Gasteiger partial charge in [0.2, 0.25) is 6.29 Å². The first-order chi connectivity index (χ1) is 13.2. The fourth-order valence-electron chi connectivity index (χ4n) is 3.16. The highest BCUT2D eigenvalue weighted by Gasteiger charge is 2.38. The Kier molecular flexibility index (Phi) is 5.20. The molecule has 27 heavy (non-hydrogen) atoms. The number of hydrogen-bond donors (Lipinski definition) is 1. The van der Waals surface area contributed by atoms with E-state index in [9.17, 15) is 4.79 Å². The summed E-state index contributed by atoms with van der Waals surface area (Å²) in [6.07, 6.45) is 0.371. The molecule has 2 aliphatic rings. The number of fused-ring (bicyclic) bond motifs is 1. The zero-order valence-electron chi connectivity index (χ0n) is 14.9. The maximum absolute atomic E-state index is 12.5. The fraction of sp³-hybridized carbons (Fsp3) is 0.286. The molecule has 140 valence electrons. The van der Waals surface area contributed by atoms with Crippen LogP contribution in [-0.2, 0) is 18.9 Å². The number of carbonyl (C=O) groups is 1. The van der Waals surface area contributed by atoms with Gasteiger partial charge >= 0.3 is 0 Å². The summed E-state index contributed by atoms with van der Waals surface area (Å²) < 4.78 is 23.1. The Morgan fingerprint density at radius 3 is 2.48 bits per heavy atom. The van der Waals surface area contributed by atoms with Gasteiger partial charge < -0.3 is 24.3 Å². The Balaban J connectivity index is 1.52.